The van der Waals surface area contributed by atoms with Gasteiger partial charge in [-0.3, -0.25) is 4.57 Å². The van der Waals surface area contributed by atoms with Crippen molar-refractivity contribution in [2.45, 2.75) is 5.88 Å². The van der Waals surface area contributed by atoms with E-state index in [1.807, 2.05) is 0 Å². The summed E-state index contributed by atoms with van der Waals surface area (Å²) in [6.07, 6.45) is 1.40. The number of alkyl halides is 1. The molecule has 0 aliphatic carbocycles. The largest absolute Gasteiger partial charge is 0.282 e. The molecule has 1 aromatic heterocycles. The lowest BCUT2D eigenvalue weighted by Crippen LogP contribution is -2.01. The molecule has 0 radical (unpaired) electrons. The monoisotopic (exact) mass is 245 g/mol. The van der Waals surface area contributed by atoms with Gasteiger partial charge in [-0.15, -0.1) is 21.8 Å². The fraction of sp³-hybridized carbons (Fsp3) is 0.111. The van der Waals surface area contributed by atoms with Gasteiger partial charge in [0.05, 0.1) is 16.6 Å². The van der Waals surface area contributed by atoms with E-state index in [-0.39, 0.29) is 10.9 Å². The predicted molar refractivity (Wildman–Crippen MR) is 55.9 cm³/mol. The van der Waals surface area contributed by atoms with Gasteiger partial charge in [-0.05, 0) is 12.1 Å². The van der Waals surface area contributed by atoms with Gasteiger partial charge < -0.3 is 0 Å². The molecule has 0 saturated heterocycles. The third-order valence-corrected chi connectivity index (χ3v) is 2.46. The molecular weight excluding hydrogens is 240 g/mol. The fourth-order valence-corrected chi connectivity index (χ4v) is 1.58. The van der Waals surface area contributed by atoms with E-state index in [4.69, 9.17) is 23.2 Å². The van der Waals surface area contributed by atoms with Gasteiger partial charge in [-0.2, -0.15) is 0 Å². The molecular formula is C9H6Cl2FN3. The van der Waals surface area contributed by atoms with Crippen LogP contribution in [0.5, 0.6) is 0 Å². The minimum absolute atomic E-state index is 0.0572. The van der Waals surface area contributed by atoms with Crippen LogP contribution in [0.2, 0.25) is 5.02 Å². The van der Waals surface area contributed by atoms with Gasteiger partial charge in [-0.25, -0.2) is 4.39 Å². The van der Waals surface area contributed by atoms with Crippen molar-refractivity contribution >= 4 is 23.2 Å². The highest BCUT2D eigenvalue weighted by molar-refractivity contribution is 6.30. The zero-order valence-corrected chi connectivity index (χ0v) is 9.00. The van der Waals surface area contributed by atoms with Crippen molar-refractivity contribution in [2.24, 2.45) is 0 Å². The number of halogens is 3. The Bertz CT molecular complexity index is 484. The van der Waals surface area contributed by atoms with E-state index in [9.17, 15) is 4.39 Å². The second-order valence-electron chi connectivity index (χ2n) is 2.82. The van der Waals surface area contributed by atoms with Crippen LogP contribution in [0, 0.1) is 5.82 Å². The first-order valence-corrected chi connectivity index (χ1v) is 5.04. The van der Waals surface area contributed by atoms with Crippen LogP contribution < -0.4 is 0 Å². The number of nitrogens with zero attached hydrogens (tertiary/aromatic N) is 3. The second kappa shape index (κ2) is 4.16. The zero-order valence-electron chi connectivity index (χ0n) is 7.49. The number of rotatable bonds is 2. The Labute approximate surface area is 95.5 Å². The number of aromatic nitrogens is 3. The van der Waals surface area contributed by atoms with E-state index in [0.717, 1.165) is 0 Å². The van der Waals surface area contributed by atoms with Crippen molar-refractivity contribution in [3.8, 4) is 5.69 Å². The summed E-state index contributed by atoms with van der Waals surface area (Å²) < 4.78 is 15.1. The Morgan fingerprint density at radius 1 is 1.40 bits per heavy atom. The highest BCUT2D eigenvalue weighted by Crippen LogP contribution is 2.22. The highest BCUT2D eigenvalue weighted by Gasteiger charge is 2.11. The van der Waals surface area contributed by atoms with Crippen molar-refractivity contribution in [3.63, 3.8) is 0 Å². The van der Waals surface area contributed by atoms with Gasteiger partial charge in [-0.1, -0.05) is 17.7 Å². The number of hydrogen-bond acceptors (Lipinski definition) is 2. The maximum absolute atomic E-state index is 13.6. The van der Waals surface area contributed by atoms with E-state index >= 15 is 0 Å². The highest BCUT2D eigenvalue weighted by atomic mass is 35.5. The van der Waals surface area contributed by atoms with Crippen molar-refractivity contribution in [3.05, 3.63) is 41.2 Å². The Balaban J connectivity index is 2.59. The van der Waals surface area contributed by atoms with Crippen molar-refractivity contribution in [1.82, 2.24) is 14.8 Å². The predicted octanol–water partition coefficient (Wildman–Crippen LogP) is 2.80. The average molecular weight is 246 g/mol. The molecule has 0 atom stereocenters. The van der Waals surface area contributed by atoms with Crippen LogP contribution in [0.25, 0.3) is 5.69 Å². The molecule has 0 aliphatic rings. The molecule has 78 valence electrons. The SMILES string of the molecule is Fc1c(Cl)cccc1-n1cnnc1CCl. The molecule has 0 amide bonds. The molecule has 0 bridgehead atoms. The molecule has 0 N–H and O–H groups in total. The third kappa shape index (κ3) is 1.82. The van der Waals surface area contributed by atoms with Gasteiger partial charge in [0.15, 0.2) is 11.6 Å². The Hall–Kier alpha value is -1.13. The molecule has 1 heterocycles. The molecule has 0 fully saturated rings. The summed E-state index contributed by atoms with van der Waals surface area (Å²) in [6, 6.07) is 4.71. The zero-order chi connectivity index (χ0) is 10.8. The van der Waals surface area contributed by atoms with E-state index in [0.29, 0.717) is 11.5 Å². The summed E-state index contributed by atoms with van der Waals surface area (Å²) in [5.41, 5.74) is 0.295. The normalized spacial score (nSPS) is 10.6. The first kappa shape index (κ1) is 10.4. The molecule has 0 spiro atoms. The third-order valence-electron chi connectivity index (χ3n) is 1.93. The van der Waals surface area contributed by atoms with Crippen LogP contribution in [-0.4, -0.2) is 14.8 Å². The molecule has 3 nitrogen and oxygen atoms in total. The lowest BCUT2D eigenvalue weighted by atomic mass is 10.3. The fourth-order valence-electron chi connectivity index (χ4n) is 1.23. The van der Waals surface area contributed by atoms with Gasteiger partial charge in [0.25, 0.3) is 0 Å². The van der Waals surface area contributed by atoms with E-state index < -0.39 is 5.82 Å². The molecule has 15 heavy (non-hydrogen) atoms. The molecule has 2 rings (SSSR count). The maximum Gasteiger partial charge on any atom is 0.165 e. The molecule has 0 unspecified atom stereocenters. The van der Waals surface area contributed by atoms with Gasteiger partial charge in [0, 0.05) is 0 Å². The topological polar surface area (TPSA) is 30.7 Å². The second-order valence-corrected chi connectivity index (χ2v) is 3.50. The minimum Gasteiger partial charge on any atom is -0.282 e. The Kier molecular flexibility index (Phi) is 2.88. The van der Waals surface area contributed by atoms with Crippen molar-refractivity contribution < 1.29 is 4.39 Å². The first-order valence-electron chi connectivity index (χ1n) is 4.13. The van der Waals surface area contributed by atoms with Crippen LogP contribution in [0.1, 0.15) is 5.82 Å². The summed E-state index contributed by atoms with van der Waals surface area (Å²) in [4.78, 5) is 0. The standard InChI is InChI=1S/C9H6Cl2FN3/c10-4-8-14-13-5-15(8)7-3-1-2-6(11)9(7)12/h1-3,5H,4H2. The van der Waals surface area contributed by atoms with Gasteiger partial charge in [0.1, 0.15) is 6.33 Å². The first-order chi connectivity index (χ1) is 7.24. The van der Waals surface area contributed by atoms with E-state index in [2.05, 4.69) is 10.2 Å². The van der Waals surface area contributed by atoms with E-state index in [1.165, 1.54) is 17.0 Å². The summed E-state index contributed by atoms with van der Waals surface area (Å²) in [6.45, 7) is 0. The van der Waals surface area contributed by atoms with E-state index in [1.54, 1.807) is 12.1 Å². The van der Waals surface area contributed by atoms with Crippen LogP contribution >= 0.6 is 23.2 Å². The Morgan fingerprint density at radius 3 is 2.93 bits per heavy atom. The maximum atomic E-state index is 13.6. The minimum atomic E-state index is -0.509. The van der Waals surface area contributed by atoms with Gasteiger partial charge >= 0.3 is 0 Å². The van der Waals surface area contributed by atoms with Gasteiger partial charge in [0.2, 0.25) is 0 Å². The van der Waals surface area contributed by atoms with Crippen LogP contribution in [0.4, 0.5) is 4.39 Å². The molecule has 6 heteroatoms. The summed E-state index contributed by atoms with van der Waals surface area (Å²) in [5, 5.41) is 7.47. The van der Waals surface area contributed by atoms with Crippen molar-refractivity contribution in [2.75, 3.05) is 0 Å². The van der Waals surface area contributed by atoms with Crippen LogP contribution in [-0.2, 0) is 5.88 Å². The number of hydrogen-bond donors (Lipinski definition) is 0. The lowest BCUT2D eigenvalue weighted by molar-refractivity contribution is 0.616. The smallest absolute Gasteiger partial charge is 0.165 e. The summed E-state index contributed by atoms with van der Waals surface area (Å²) in [7, 11) is 0. The lowest BCUT2D eigenvalue weighted by Gasteiger charge is -2.06. The summed E-state index contributed by atoms with van der Waals surface area (Å²) in [5.74, 6) is 0.120. The van der Waals surface area contributed by atoms with Crippen molar-refractivity contribution in [1.29, 1.82) is 0 Å². The van der Waals surface area contributed by atoms with Crippen LogP contribution in [0.15, 0.2) is 24.5 Å². The number of benzene rings is 1. The Morgan fingerprint density at radius 2 is 2.20 bits per heavy atom. The average Bonchev–Trinajstić information content (AvgIpc) is 2.70. The van der Waals surface area contributed by atoms with Crippen LogP contribution in [0.3, 0.4) is 0 Å². The molecule has 0 saturated carbocycles. The quantitative estimate of drug-likeness (QED) is 0.763. The summed E-state index contributed by atoms with van der Waals surface area (Å²) >= 11 is 11.3. The molecule has 2 aromatic rings. The molecule has 0 aliphatic heterocycles. The molecule has 1 aromatic carbocycles.